The average molecular weight is 257 g/mol. The first-order chi connectivity index (χ1) is 8.85. The summed E-state index contributed by atoms with van der Waals surface area (Å²) in [6.07, 6.45) is 13.4. The van der Waals surface area contributed by atoms with Gasteiger partial charge in [0.15, 0.2) is 0 Å². The second-order valence-electron chi connectivity index (χ2n) is 5.34. The topological polar surface area (TPSA) is 21.3 Å². The summed E-state index contributed by atoms with van der Waals surface area (Å²) in [7, 11) is 1.79. The fourth-order valence-electron chi connectivity index (χ4n) is 2.34. The quantitative estimate of drug-likeness (QED) is 0.462. The molecule has 0 aliphatic rings. The molecule has 0 aromatic rings. The van der Waals surface area contributed by atoms with Crippen LogP contribution in [-0.2, 0) is 4.74 Å². The van der Waals surface area contributed by atoms with Crippen LogP contribution in [0.4, 0.5) is 0 Å². The lowest BCUT2D eigenvalue weighted by molar-refractivity contribution is 0.187. The highest BCUT2D eigenvalue weighted by molar-refractivity contribution is 4.66. The van der Waals surface area contributed by atoms with Gasteiger partial charge < -0.3 is 10.1 Å². The Hall–Kier alpha value is -0.0800. The van der Waals surface area contributed by atoms with Gasteiger partial charge in [-0.3, -0.25) is 0 Å². The lowest BCUT2D eigenvalue weighted by atomic mass is 10.0. The summed E-state index contributed by atoms with van der Waals surface area (Å²) < 4.78 is 5.14. The minimum absolute atomic E-state index is 0.714. The molecule has 0 amide bonds. The molecule has 1 unspecified atom stereocenters. The molecule has 1 atom stereocenters. The van der Waals surface area contributed by atoms with E-state index in [9.17, 15) is 0 Å². The minimum Gasteiger partial charge on any atom is -0.385 e. The molecule has 0 bridgehead atoms. The fraction of sp³-hybridized carbons (Fsp3) is 1.00. The van der Waals surface area contributed by atoms with Crippen LogP contribution < -0.4 is 5.32 Å². The van der Waals surface area contributed by atoms with Crippen LogP contribution in [-0.4, -0.2) is 26.3 Å². The highest BCUT2D eigenvalue weighted by atomic mass is 16.5. The van der Waals surface area contributed by atoms with Gasteiger partial charge in [-0.05, 0) is 32.2 Å². The van der Waals surface area contributed by atoms with Gasteiger partial charge in [0.1, 0.15) is 0 Å². The van der Waals surface area contributed by atoms with Crippen LogP contribution in [0.15, 0.2) is 0 Å². The van der Waals surface area contributed by atoms with E-state index in [1.165, 1.54) is 64.2 Å². The molecule has 0 aliphatic heterocycles. The van der Waals surface area contributed by atoms with Crippen molar-refractivity contribution < 1.29 is 4.74 Å². The van der Waals surface area contributed by atoms with Gasteiger partial charge in [0.05, 0.1) is 0 Å². The number of hydrogen-bond donors (Lipinski definition) is 1. The van der Waals surface area contributed by atoms with Crippen molar-refractivity contribution in [1.29, 1.82) is 0 Å². The number of methoxy groups -OCH3 is 1. The van der Waals surface area contributed by atoms with Crippen molar-refractivity contribution in [3.8, 4) is 0 Å². The molecule has 0 saturated carbocycles. The first-order valence-corrected chi connectivity index (χ1v) is 8.07. The first kappa shape index (κ1) is 17.9. The van der Waals surface area contributed by atoms with E-state index in [2.05, 4.69) is 19.2 Å². The monoisotopic (exact) mass is 257 g/mol. The van der Waals surface area contributed by atoms with Crippen molar-refractivity contribution in [3.63, 3.8) is 0 Å². The van der Waals surface area contributed by atoms with Crippen LogP contribution in [0, 0.1) is 0 Å². The van der Waals surface area contributed by atoms with Gasteiger partial charge in [0.25, 0.3) is 0 Å². The second kappa shape index (κ2) is 15.0. The Labute approximate surface area is 115 Å². The van der Waals surface area contributed by atoms with Gasteiger partial charge in [-0.2, -0.15) is 0 Å². The zero-order chi connectivity index (χ0) is 13.5. The molecule has 110 valence electrons. The molecule has 0 aromatic heterocycles. The van der Waals surface area contributed by atoms with Crippen molar-refractivity contribution >= 4 is 0 Å². The summed E-state index contributed by atoms with van der Waals surface area (Å²) in [5.41, 5.74) is 0. The largest absolute Gasteiger partial charge is 0.385 e. The van der Waals surface area contributed by atoms with E-state index in [0.717, 1.165) is 13.2 Å². The van der Waals surface area contributed by atoms with Crippen molar-refractivity contribution in [2.75, 3.05) is 20.3 Å². The Morgan fingerprint density at radius 3 is 2.17 bits per heavy atom. The third-order valence-electron chi connectivity index (χ3n) is 3.49. The van der Waals surface area contributed by atoms with E-state index in [0.29, 0.717) is 6.04 Å². The molecule has 0 heterocycles. The minimum atomic E-state index is 0.714. The molecule has 2 heteroatoms. The van der Waals surface area contributed by atoms with Crippen LogP contribution in [0.3, 0.4) is 0 Å². The number of nitrogens with one attached hydrogen (secondary N) is 1. The molecule has 2 nitrogen and oxygen atoms in total. The van der Waals surface area contributed by atoms with E-state index in [-0.39, 0.29) is 0 Å². The Bertz CT molecular complexity index is 150. The Morgan fingerprint density at radius 2 is 1.50 bits per heavy atom. The lowest BCUT2D eigenvalue weighted by Crippen LogP contribution is -2.30. The summed E-state index contributed by atoms with van der Waals surface area (Å²) in [6, 6.07) is 0.714. The smallest absolute Gasteiger partial charge is 0.0462 e. The van der Waals surface area contributed by atoms with Crippen molar-refractivity contribution in [2.45, 2.75) is 84.1 Å². The highest BCUT2D eigenvalue weighted by Gasteiger charge is 2.06. The first-order valence-electron chi connectivity index (χ1n) is 8.07. The van der Waals surface area contributed by atoms with Crippen molar-refractivity contribution in [2.24, 2.45) is 0 Å². The molecule has 0 fully saturated rings. The van der Waals surface area contributed by atoms with Crippen LogP contribution >= 0.6 is 0 Å². The maximum atomic E-state index is 5.14. The van der Waals surface area contributed by atoms with Crippen LogP contribution in [0.25, 0.3) is 0 Å². The predicted molar refractivity (Wildman–Crippen MR) is 81.2 cm³/mol. The van der Waals surface area contributed by atoms with Gasteiger partial charge >= 0.3 is 0 Å². The zero-order valence-corrected chi connectivity index (χ0v) is 13.0. The van der Waals surface area contributed by atoms with Gasteiger partial charge in [-0.15, -0.1) is 0 Å². The van der Waals surface area contributed by atoms with Gasteiger partial charge in [-0.1, -0.05) is 52.4 Å². The van der Waals surface area contributed by atoms with E-state index >= 15 is 0 Å². The Kier molecular flexibility index (Phi) is 14.9. The van der Waals surface area contributed by atoms with Crippen molar-refractivity contribution in [3.05, 3.63) is 0 Å². The third-order valence-corrected chi connectivity index (χ3v) is 3.49. The van der Waals surface area contributed by atoms with E-state index < -0.39 is 0 Å². The van der Waals surface area contributed by atoms with Gasteiger partial charge in [-0.25, -0.2) is 0 Å². The maximum Gasteiger partial charge on any atom is 0.0462 e. The molecule has 0 aliphatic carbocycles. The molecule has 0 rings (SSSR count). The molecular weight excluding hydrogens is 222 g/mol. The normalized spacial score (nSPS) is 12.8. The Balaban J connectivity index is 3.51. The number of rotatable bonds is 14. The zero-order valence-electron chi connectivity index (χ0n) is 13.0. The summed E-state index contributed by atoms with van der Waals surface area (Å²) in [6.45, 7) is 6.58. The molecule has 0 aromatic carbocycles. The van der Waals surface area contributed by atoms with E-state index in [1.807, 2.05) is 0 Å². The summed E-state index contributed by atoms with van der Waals surface area (Å²) in [5, 5.41) is 3.67. The Morgan fingerprint density at radius 1 is 0.833 bits per heavy atom. The van der Waals surface area contributed by atoms with Gasteiger partial charge in [0, 0.05) is 19.8 Å². The summed E-state index contributed by atoms with van der Waals surface area (Å²) in [4.78, 5) is 0. The molecule has 18 heavy (non-hydrogen) atoms. The summed E-state index contributed by atoms with van der Waals surface area (Å²) >= 11 is 0. The standard InChI is InChI=1S/C16H35NO/c1-4-6-7-8-9-10-12-16(17-14-5-2)13-11-15-18-3/h16-17H,4-15H2,1-3H3. The second-order valence-corrected chi connectivity index (χ2v) is 5.34. The van der Waals surface area contributed by atoms with E-state index in [1.54, 1.807) is 7.11 Å². The van der Waals surface area contributed by atoms with Crippen LogP contribution in [0.5, 0.6) is 0 Å². The molecule has 1 N–H and O–H groups in total. The van der Waals surface area contributed by atoms with E-state index in [4.69, 9.17) is 4.74 Å². The lowest BCUT2D eigenvalue weighted by Gasteiger charge is -2.18. The number of hydrogen-bond acceptors (Lipinski definition) is 2. The maximum absolute atomic E-state index is 5.14. The SMILES string of the molecule is CCCCCCCCC(CCCOC)NCCC. The molecule has 0 spiro atoms. The predicted octanol–water partition coefficient (Wildman–Crippen LogP) is 4.53. The average Bonchev–Trinajstić information content (AvgIpc) is 2.39. The molecular formula is C16H35NO. The highest BCUT2D eigenvalue weighted by Crippen LogP contribution is 2.11. The number of unbranched alkanes of at least 4 members (excludes halogenated alkanes) is 5. The van der Waals surface area contributed by atoms with Crippen molar-refractivity contribution in [1.82, 2.24) is 5.32 Å². The van der Waals surface area contributed by atoms with Gasteiger partial charge in [0.2, 0.25) is 0 Å². The molecule has 0 saturated heterocycles. The fourth-order valence-corrected chi connectivity index (χ4v) is 2.34. The summed E-state index contributed by atoms with van der Waals surface area (Å²) in [5.74, 6) is 0. The number of ether oxygens (including phenoxy) is 1. The third kappa shape index (κ3) is 12.4. The molecule has 0 radical (unpaired) electrons. The van der Waals surface area contributed by atoms with Crippen LogP contribution in [0.1, 0.15) is 78.1 Å². The van der Waals surface area contributed by atoms with Crippen LogP contribution in [0.2, 0.25) is 0 Å².